The molecule has 2 bridgehead atoms. The summed E-state index contributed by atoms with van der Waals surface area (Å²) >= 11 is 0. The summed E-state index contributed by atoms with van der Waals surface area (Å²) in [6.45, 7) is 5.64. The number of epoxide rings is 1. The highest BCUT2D eigenvalue weighted by Gasteiger charge is 2.60. The van der Waals surface area contributed by atoms with E-state index in [1.165, 1.54) is 6.92 Å². The first kappa shape index (κ1) is 20.0. The Balaban J connectivity index is 1.93. The topological polar surface area (TPSA) is 106 Å². The number of aliphatic hydroxyl groups is 1. The number of hydrogen-bond acceptors (Lipinski definition) is 8. The maximum atomic E-state index is 12.8. The fourth-order valence-corrected chi connectivity index (χ4v) is 3.56. The molecule has 3 aliphatic heterocycles. The molecule has 0 aliphatic carbocycles. The number of esters is 2. The van der Waals surface area contributed by atoms with E-state index in [2.05, 4.69) is 0 Å². The second-order valence-corrected chi connectivity index (χ2v) is 8.21. The van der Waals surface area contributed by atoms with E-state index in [0.29, 0.717) is 19.5 Å². The number of fused-ring (bicyclic) bond motifs is 3. The maximum absolute atomic E-state index is 12.8. The Morgan fingerprint density at radius 1 is 1.26 bits per heavy atom. The minimum atomic E-state index is -1.76. The van der Waals surface area contributed by atoms with Crippen LogP contribution in [0.25, 0.3) is 0 Å². The largest absolute Gasteiger partial charge is 0.459 e. The molecule has 3 heterocycles. The van der Waals surface area contributed by atoms with Gasteiger partial charge in [-0.3, -0.25) is 4.79 Å². The Kier molecular flexibility index (Phi) is 5.18. The Morgan fingerprint density at radius 3 is 2.67 bits per heavy atom. The molecule has 0 aromatic heterocycles. The minimum Gasteiger partial charge on any atom is -0.459 e. The number of hydrogen-bond donors (Lipinski definition) is 1. The van der Waals surface area contributed by atoms with Gasteiger partial charge in [0.1, 0.15) is 12.2 Å². The van der Waals surface area contributed by atoms with Crippen molar-refractivity contribution in [3.05, 3.63) is 11.6 Å². The van der Waals surface area contributed by atoms with Gasteiger partial charge in [0.05, 0.1) is 0 Å². The molecule has 3 rings (SSSR count). The molecule has 1 N–H and O–H groups in total. The van der Waals surface area contributed by atoms with Crippen molar-refractivity contribution in [3.63, 3.8) is 0 Å². The fourth-order valence-electron chi connectivity index (χ4n) is 3.56. The number of cyclic esters (lactones) is 1. The molecule has 0 saturated carbocycles. The Morgan fingerprint density at radius 2 is 1.96 bits per heavy atom. The number of rotatable bonds is 0. The molecule has 2 saturated heterocycles. The monoisotopic (exact) mass is 381 g/mol. The minimum absolute atomic E-state index is 0.259. The molecule has 5 atom stereocenters. The van der Waals surface area contributed by atoms with Gasteiger partial charge in [0.15, 0.2) is 17.8 Å². The van der Waals surface area contributed by atoms with Gasteiger partial charge in [-0.15, -0.1) is 0 Å². The smallest absolute Gasteiger partial charge is 0.339 e. The van der Waals surface area contributed by atoms with Crippen molar-refractivity contribution in [1.29, 1.82) is 0 Å². The van der Waals surface area contributed by atoms with E-state index in [0.717, 1.165) is 0 Å². The third-order valence-electron chi connectivity index (χ3n) is 5.83. The van der Waals surface area contributed by atoms with Crippen LogP contribution in [0.15, 0.2) is 11.6 Å². The average Bonchev–Trinajstić information content (AvgIpc) is 3.26. The standard InChI is InChI=1S/C19H27NO7/c1-11-9-18(2)15(27-18)16(22)26-13-6-8-20(4)7-5-12(14(13)21)10-25-17(23)19(11,3)24/h5,11,13,15,24H,6-10H2,1-4H3/b12-5-/t11-,13-,15-,18+,19+/m0/s1. The van der Waals surface area contributed by atoms with Crippen LogP contribution in [0.4, 0.5) is 0 Å². The third-order valence-corrected chi connectivity index (χ3v) is 5.83. The summed E-state index contributed by atoms with van der Waals surface area (Å²) in [7, 11) is 1.89. The Bertz CT molecular complexity index is 686. The van der Waals surface area contributed by atoms with Gasteiger partial charge in [-0.25, -0.2) is 9.59 Å². The summed E-state index contributed by atoms with van der Waals surface area (Å²) in [5, 5.41) is 10.7. The third kappa shape index (κ3) is 3.93. The molecule has 27 heavy (non-hydrogen) atoms. The van der Waals surface area contributed by atoms with Gasteiger partial charge in [0.2, 0.25) is 5.78 Å². The van der Waals surface area contributed by atoms with Crippen LogP contribution in [-0.2, 0) is 28.6 Å². The van der Waals surface area contributed by atoms with Crippen molar-refractivity contribution in [2.45, 2.75) is 57.0 Å². The summed E-state index contributed by atoms with van der Waals surface area (Å²) in [5.74, 6) is -2.28. The Labute approximate surface area is 158 Å². The van der Waals surface area contributed by atoms with E-state index < -0.39 is 41.3 Å². The molecular weight excluding hydrogens is 354 g/mol. The van der Waals surface area contributed by atoms with Crippen LogP contribution < -0.4 is 0 Å². The molecule has 0 unspecified atom stereocenters. The number of carbonyl (C=O) groups excluding carboxylic acids is 3. The van der Waals surface area contributed by atoms with Gasteiger partial charge in [0.25, 0.3) is 0 Å². The molecule has 8 heteroatoms. The summed E-state index contributed by atoms with van der Waals surface area (Å²) in [6, 6.07) is 0. The molecule has 0 aromatic rings. The second kappa shape index (κ2) is 7.00. The van der Waals surface area contributed by atoms with Gasteiger partial charge in [-0.1, -0.05) is 13.0 Å². The van der Waals surface area contributed by atoms with Crippen molar-refractivity contribution < 1.29 is 33.7 Å². The lowest BCUT2D eigenvalue weighted by Crippen LogP contribution is -2.45. The first-order valence-corrected chi connectivity index (χ1v) is 9.24. The molecule has 0 radical (unpaired) electrons. The van der Waals surface area contributed by atoms with Crippen LogP contribution >= 0.6 is 0 Å². The normalized spacial score (nSPS) is 43.4. The van der Waals surface area contributed by atoms with Crippen LogP contribution in [0, 0.1) is 5.92 Å². The summed E-state index contributed by atoms with van der Waals surface area (Å²) in [4.78, 5) is 39.8. The van der Waals surface area contributed by atoms with Crippen molar-refractivity contribution in [2.75, 3.05) is 26.7 Å². The zero-order chi connectivity index (χ0) is 20.0. The highest BCUT2D eigenvalue weighted by atomic mass is 16.7. The summed E-state index contributed by atoms with van der Waals surface area (Å²) in [6.07, 6.45) is 0.543. The predicted molar refractivity (Wildman–Crippen MR) is 93.7 cm³/mol. The fraction of sp³-hybridized carbons (Fsp3) is 0.737. The zero-order valence-corrected chi connectivity index (χ0v) is 16.2. The molecular formula is C19H27NO7. The van der Waals surface area contributed by atoms with Crippen molar-refractivity contribution in [1.82, 2.24) is 4.90 Å². The summed E-state index contributed by atoms with van der Waals surface area (Å²) in [5.41, 5.74) is -2.34. The lowest BCUT2D eigenvalue weighted by molar-refractivity contribution is -0.168. The Hall–Kier alpha value is -1.77. The predicted octanol–water partition coefficient (Wildman–Crippen LogP) is 0.221. The van der Waals surface area contributed by atoms with E-state index in [-0.39, 0.29) is 24.4 Å². The van der Waals surface area contributed by atoms with E-state index in [9.17, 15) is 19.5 Å². The number of nitrogens with zero attached hydrogens (tertiary/aromatic N) is 1. The van der Waals surface area contributed by atoms with Crippen molar-refractivity contribution in [2.24, 2.45) is 5.92 Å². The van der Waals surface area contributed by atoms with Crippen LogP contribution in [0.3, 0.4) is 0 Å². The molecule has 3 aliphatic rings. The van der Waals surface area contributed by atoms with Gasteiger partial charge in [0, 0.05) is 25.1 Å². The van der Waals surface area contributed by atoms with Crippen LogP contribution in [0.2, 0.25) is 0 Å². The molecule has 0 amide bonds. The van der Waals surface area contributed by atoms with Gasteiger partial charge >= 0.3 is 11.9 Å². The van der Waals surface area contributed by atoms with Crippen LogP contribution in [-0.4, -0.2) is 77.9 Å². The van der Waals surface area contributed by atoms with E-state index in [1.54, 1.807) is 19.9 Å². The highest BCUT2D eigenvalue weighted by Crippen LogP contribution is 2.44. The average molecular weight is 381 g/mol. The number of ether oxygens (including phenoxy) is 3. The number of likely N-dealkylation sites (N-methyl/N-ethyl adjacent to an activating group) is 1. The molecule has 0 aromatic carbocycles. The van der Waals surface area contributed by atoms with Gasteiger partial charge in [-0.2, -0.15) is 0 Å². The second-order valence-electron chi connectivity index (χ2n) is 8.21. The van der Waals surface area contributed by atoms with Crippen molar-refractivity contribution in [3.8, 4) is 0 Å². The number of Topliss-reactive ketones (excluding diaryl/α,β-unsaturated/α-hetero) is 1. The van der Waals surface area contributed by atoms with E-state index in [1.807, 2.05) is 11.9 Å². The first-order chi connectivity index (χ1) is 12.5. The zero-order valence-electron chi connectivity index (χ0n) is 16.2. The summed E-state index contributed by atoms with van der Waals surface area (Å²) < 4.78 is 16.3. The van der Waals surface area contributed by atoms with Crippen LogP contribution in [0.5, 0.6) is 0 Å². The molecule has 8 nitrogen and oxygen atoms in total. The molecule has 150 valence electrons. The van der Waals surface area contributed by atoms with Crippen molar-refractivity contribution >= 4 is 17.7 Å². The highest BCUT2D eigenvalue weighted by molar-refractivity contribution is 6.00. The lowest BCUT2D eigenvalue weighted by atomic mass is 9.82. The number of carbonyl (C=O) groups is 3. The van der Waals surface area contributed by atoms with E-state index in [4.69, 9.17) is 14.2 Å². The maximum Gasteiger partial charge on any atom is 0.339 e. The van der Waals surface area contributed by atoms with Gasteiger partial charge in [-0.05, 0) is 33.2 Å². The molecule has 2 fully saturated rings. The number of ketones is 1. The molecule has 0 spiro atoms. The lowest BCUT2D eigenvalue weighted by Gasteiger charge is -2.29. The van der Waals surface area contributed by atoms with Crippen LogP contribution in [0.1, 0.15) is 33.6 Å². The first-order valence-electron chi connectivity index (χ1n) is 9.24. The van der Waals surface area contributed by atoms with E-state index >= 15 is 0 Å². The quantitative estimate of drug-likeness (QED) is 0.469. The SMILES string of the molecule is C[C@H]1C[C@@]2(C)O[C@H]2C(=O)O[C@H]2CCN(C)C/C=C(/COC(=O)[C@]1(C)O)C2=O. The van der Waals surface area contributed by atoms with Gasteiger partial charge < -0.3 is 24.2 Å².